The Bertz CT molecular complexity index is 754. The first kappa shape index (κ1) is 16.2. The summed E-state index contributed by atoms with van der Waals surface area (Å²) in [7, 11) is -3.65. The van der Waals surface area contributed by atoms with E-state index in [0.29, 0.717) is 11.3 Å². The Kier molecular flexibility index (Phi) is 4.27. The SMILES string of the molecule is O=S(=O)(Cc1ccc(F)cc1)NC[C@](O)(c1ccco1)C1CC1. The van der Waals surface area contributed by atoms with Crippen molar-refractivity contribution in [3.63, 3.8) is 0 Å². The van der Waals surface area contributed by atoms with Crippen LogP contribution in [0.25, 0.3) is 0 Å². The first-order valence-corrected chi connectivity index (χ1v) is 9.02. The van der Waals surface area contributed by atoms with E-state index < -0.39 is 21.4 Å². The third-order valence-electron chi connectivity index (χ3n) is 4.03. The quantitative estimate of drug-likeness (QED) is 0.810. The van der Waals surface area contributed by atoms with Crippen LogP contribution in [0.5, 0.6) is 0 Å². The first-order valence-electron chi connectivity index (χ1n) is 7.37. The molecule has 1 fully saturated rings. The number of rotatable bonds is 7. The summed E-state index contributed by atoms with van der Waals surface area (Å²) in [4.78, 5) is 0. The lowest BCUT2D eigenvalue weighted by molar-refractivity contribution is -0.00225. The number of sulfonamides is 1. The van der Waals surface area contributed by atoms with Gasteiger partial charge in [-0.2, -0.15) is 0 Å². The van der Waals surface area contributed by atoms with Crippen molar-refractivity contribution in [2.45, 2.75) is 24.2 Å². The van der Waals surface area contributed by atoms with Crippen molar-refractivity contribution >= 4 is 10.0 Å². The lowest BCUT2D eigenvalue weighted by Crippen LogP contribution is -2.42. The van der Waals surface area contributed by atoms with Gasteiger partial charge >= 0.3 is 0 Å². The smallest absolute Gasteiger partial charge is 0.215 e. The fraction of sp³-hybridized carbons (Fsp3) is 0.375. The Hall–Kier alpha value is -1.70. The molecular weight excluding hydrogens is 321 g/mol. The highest BCUT2D eigenvalue weighted by Gasteiger charge is 2.47. The Morgan fingerprint density at radius 2 is 1.96 bits per heavy atom. The van der Waals surface area contributed by atoms with Gasteiger partial charge in [0.15, 0.2) is 0 Å². The van der Waals surface area contributed by atoms with Gasteiger partial charge in [-0.05, 0) is 48.6 Å². The normalized spacial score (nSPS) is 17.8. The average molecular weight is 339 g/mol. The molecule has 0 spiro atoms. The summed E-state index contributed by atoms with van der Waals surface area (Å²) >= 11 is 0. The fourth-order valence-electron chi connectivity index (χ4n) is 2.59. The van der Waals surface area contributed by atoms with E-state index in [-0.39, 0.29) is 18.2 Å². The van der Waals surface area contributed by atoms with Gasteiger partial charge in [0.25, 0.3) is 0 Å². The number of furan rings is 1. The molecule has 0 bridgehead atoms. The van der Waals surface area contributed by atoms with Crippen LogP contribution < -0.4 is 4.72 Å². The maximum atomic E-state index is 12.9. The molecule has 0 aliphatic heterocycles. The largest absolute Gasteiger partial charge is 0.466 e. The van der Waals surface area contributed by atoms with Gasteiger partial charge < -0.3 is 9.52 Å². The van der Waals surface area contributed by atoms with Crippen LogP contribution in [0.15, 0.2) is 47.1 Å². The first-order chi connectivity index (χ1) is 10.9. The second-order valence-electron chi connectivity index (χ2n) is 5.88. The van der Waals surface area contributed by atoms with Crippen LogP contribution in [-0.4, -0.2) is 20.1 Å². The number of benzene rings is 1. The predicted octanol–water partition coefficient (Wildman–Crippen LogP) is 2.14. The number of hydrogen-bond acceptors (Lipinski definition) is 4. The van der Waals surface area contributed by atoms with Crippen LogP contribution in [0.4, 0.5) is 4.39 Å². The average Bonchev–Trinajstić information content (AvgIpc) is 3.22. The molecule has 2 N–H and O–H groups in total. The van der Waals surface area contributed by atoms with Gasteiger partial charge in [-0.25, -0.2) is 17.5 Å². The third kappa shape index (κ3) is 3.80. The minimum atomic E-state index is -3.65. The minimum Gasteiger partial charge on any atom is -0.466 e. The zero-order chi connectivity index (χ0) is 16.5. The molecule has 124 valence electrons. The summed E-state index contributed by atoms with van der Waals surface area (Å²) < 4.78 is 45.0. The molecule has 5 nitrogen and oxygen atoms in total. The Morgan fingerprint density at radius 1 is 1.26 bits per heavy atom. The Balaban J connectivity index is 1.69. The van der Waals surface area contributed by atoms with Crippen molar-refractivity contribution in [3.8, 4) is 0 Å². The van der Waals surface area contributed by atoms with Crippen molar-refractivity contribution in [2.24, 2.45) is 5.92 Å². The standard InChI is InChI=1S/C16H18FNO4S/c17-14-7-3-12(4-8-14)10-23(20,21)18-11-16(19,13-5-6-13)15-2-1-9-22-15/h1-4,7-9,13,18-19H,5-6,10-11H2/t16-/m1/s1. The van der Waals surface area contributed by atoms with Gasteiger partial charge in [0.2, 0.25) is 10.0 Å². The molecule has 23 heavy (non-hydrogen) atoms. The van der Waals surface area contributed by atoms with E-state index in [9.17, 15) is 17.9 Å². The highest BCUT2D eigenvalue weighted by molar-refractivity contribution is 7.88. The van der Waals surface area contributed by atoms with Gasteiger partial charge in [-0.1, -0.05) is 12.1 Å². The molecule has 1 aliphatic carbocycles. The Morgan fingerprint density at radius 3 is 2.52 bits per heavy atom. The molecule has 1 aliphatic rings. The van der Waals surface area contributed by atoms with Crippen molar-refractivity contribution in [1.29, 1.82) is 0 Å². The maximum Gasteiger partial charge on any atom is 0.215 e. The molecule has 1 saturated carbocycles. The number of hydrogen-bond donors (Lipinski definition) is 2. The van der Waals surface area contributed by atoms with E-state index in [4.69, 9.17) is 4.42 Å². The fourth-order valence-corrected chi connectivity index (χ4v) is 3.76. The van der Waals surface area contributed by atoms with Crippen molar-refractivity contribution in [1.82, 2.24) is 4.72 Å². The molecule has 0 amide bonds. The molecule has 0 radical (unpaired) electrons. The van der Waals surface area contributed by atoms with Crippen LogP contribution in [0.3, 0.4) is 0 Å². The molecule has 1 aromatic carbocycles. The summed E-state index contributed by atoms with van der Waals surface area (Å²) in [5, 5.41) is 10.8. The zero-order valence-electron chi connectivity index (χ0n) is 12.4. The molecule has 1 aromatic heterocycles. The summed E-state index contributed by atoms with van der Waals surface area (Å²) in [6.07, 6.45) is 3.11. The summed E-state index contributed by atoms with van der Waals surface area (Å²) in [6, 6.07) is 8.59. The van der Waals surface area contributed by atoms with Crippen LogP contribution in [0, 0.1) is 11.7 Å². The number of nitrogens with one attached hydrogen (secondary N) is 1. The van der Waals surface area contributed by atoms with E-state index in [2.05, 4.69) is 4.72 Å². The maximum absolute atomic E-state index is 12.9. The summed E-state index contributed by atoms with van der Waals surface area (Å²) in [6.45, 7) is -0.144. The zero-order valence-corrected chi connectivity index (χ0v) is 13.2. The lowest BCUT2D eigenvalue weighted by atomic mass is 9.95. The van der Waals surface area contributed by atoms with Crippen LogP contribution >= 0.6 is 0 Å². The highest BCUT2D eigenvalue weighted by Crippen LogP contribution is 2.45. The van der Waals surface area contributed by atoms with Gasteiger partial charge in [0.1, 0.15) is 17.2 Å². The summed E-state index contributed by atoms with van der Waals surface area (Å²) in [5.41, 5.74) is -0.855. The number of halogens is 1. The van der Waals surface area contributed by atoms with Gasteiger partial charge in [0, 0.05) is 6.54 Å². The predicted molar refractivity (Wildman–Crippen MR) is 82.4 cm³/mol. The molecule has 2 aromatic rings. The van der Waals surface area contributed by atoms with Crippen molar-refractivity contribution in [3.05, 3.63) is 59.8 Å². The van der Waals surface area contributed by atoms with Crippen molar-refractivity contribution in [2.75, 3.05) is 6.54 Å². The highest BCUT2D eigenvalue weighted by atomic mass is 32.2. The second-order valence-corrected chi connectivity index (χ2v) is 7.69. The van der Waals surface area contributed by atoms with E-state index in [1.165, 1.54) is 30.5 Å². The topological polar surface area (TPSA) is 79.5 Å². The third-order valence-corrected chi connectivity index (χ3v) is 5.33. The molecular formula is C16H18FNO4S. The summed E-state index contributed by atoms with van der Waals surface area (Å²) in [5.74, 6) is -0.335. The molecule has 0 saturated heterocycles. The molecule has 1 heterocycles. The van der Waals surface area contributed by atoms with E-state index in [1.54, 1.807) is 12.1 Å². The molecule has 7 heteroatoms. The van der Waals surface area contributed by atoms with Crippen LogP contribution in [-0.2, 0) is 21.4 Å². The van der Waals surface area contributed by atoms with Crippen LogP contribution in [0.1, 0.15) is 24.2 Å². The van der Waals surface area contributed by atoms with E-state index in [0.717, 1.165) is 12.8 Å². The Labute approximate surface area is 134 Å². The molecule has 0 unspecified atom stereocenters. The van der Waals surface area contributed by atoms with Crippen molar-refractivity contribution < 1.29 is 22.3 Å². The van der Waals surface area contributed by atoms with E-state index in [1.807, 2.05) is 0 Å². The van der Waals surface area contributed by atoms with Gasteiger partial charge in [0.05, 0.1) is 12.0 Å². The van der Waals surface area contributed by atoms with E-state index >= 15 is 0 Å². The van der Waals surface area contributed by atoms with Gasteiger partial charge in [-0.3, -0.25) is 0 Å². The molecule has 3 rings (SSSR count). The number of aliphatic hydroxyl groups is 1. The van der Waals surface area contributed by atoms with Crippen LogP contribution in [0.2, 0.25) is 0 Å². The van der Waals surface area contributed by atoms with Gasteiger partial charge in [-0.15, -0.1) is 0 Å². The lowest BCUT2D eigenvalue weighted by Gasteiger charge is -2.26. The minimum absolute atomic E-state index is 0.0119. The molecule has 1 atom stereocenters. The second kappa shape index (κ2) is 6.07. The monoisotopic (exact) mass is 339 g/mol.